The zero-order valence-corrected chi connectivity index (χ0v) is 13.8. The number of fused-ring (bicyclic) bond motifs is 1. The van der Waals surface area contributed by atoms with E-state index < -0.39 is 11.3 Å². The van der Waals surface area contributed by atoms with Gasteiger partial charge >= 0.3 is 0 Å². The summed E-state index contributed by atoms with van der Waals surface area (Å²) in [6.07, 6.45) is 5.26. The van der Waals surface area contributed by atoms with E-state index >= 15 is 0 Å². The van der Waals surface area contributed by atoms with Gasteiger partial charge in [0.25, 0.3) is 5.91 Å². The van der Waals surface area contributed by atoms with E-state index in [1.807, 2.05) is 6.92 Å². The van der Waals surface area contributed by atoms with Gasteiger partial charge in [-0.2, -0.15) is 0 Å². The average Bonchev–Trinajstić information content (AvgIpc) is 2.61. The SMILES string of the molecule is CC=CCOc1coc2c(c1=O)C(=O)N(Cc1ccc(F)cc1)CC2. The highest BCUT2D eigenvalue weighted by molar-refractivity contribution is 5.96. The summed E-state index contributed by atoms with van der Waals surface area (Å²) in [5, 5.41) is 0. The van der Waals surface area contributed by atoms with Gasteiger partial charge in [-0.25, -0.2) is 4.39 Å². The standard InChI is InChI=1S/C19H18FNO4/c1-2-3-10-24-16-12-25-15-8-9-21(19(23)17(15)18(16)22)11-13-4-6-14(20)7-5-13/h2-7,12H,8-11H2,1H3. The van der Waals surface area contributed by atoms with Crippen molar-refractivity contribution in [2.24, 2.45) is 0 Å². The zero-order chi connectivity index (χ0) is 17.8. The Morgan fingerprint density at radius 3 is 2.76 bits per heavy atom. The van der Waals surface area contributed by atoms with Crippen molar-refractivity contribution in [2.45, 2.75) is 19.9 Å². The van der Waals surface area contributed by atoms with Gasteiger partial charge in [-0.3, -0.25) is 9.59 Å². The summed E-state index contributed by atoms with van der Waals surface area (Å²) in [7, 11) is 0. The summed E-state index contributed by atoms with van der Waals surface area (Å²) in [4.78, 5) is 26.8. The molecule has 0 aliphatic carbocycles. The monoisotopic (exact) mass is 343 g/mol. The molecule has 25 heavy (non-hydrogen) atoms. The Morgan fingerprint density at radius 2 is 2.04 bits per heavy atom. The van der Waals surface area contributed by atoms with Gasteiger partial charge in [0.05, 0.1) is 0 Å². The van der Waals surface area contributed by atoms with Gasteiger partial charge in [0.2, 0.25) is 11.2 Å². The fraction of sp³-hybridized carbons (Fsp3) is 0.263. The Bertz CT molecular complexity index is 855. The molecule has 6 heteroatoms. The summed E-state index contributed by atoms with van der Waals surface area (Å²) in [6.45, 7) is 2.82. The van der Waals surface area contributed by atoms with Crippen LogP contribution in [0.15, 0.2) is 51.9 Å². The van der Waals surface area contributed by atoms with Crippen molar-refractivity contribution >= 4 is 5.91 Å². The molecular weight excluding hydrogens is 325 g/mol. The molecule has 0 spiro atoms. The maximum atomic E-state index is 13.0. The molecule has 0 unspecified atom stereocenters. The first-order valence-corrected chi connectivity index (χ1v) is 8.02. The summed E-state index contributed by atoms with van der Waals surface area (Å²) in [5.74, 6) is -0.323. The molecule has 130 valence electrons. The predicted molar refractivity (Wildman–Crippen MR) is 90.1 cm³/mol. The third-order valence-corrected chi connectivity index (χ3v) is 4.01. The lowest BCUT2D eigenvalue weighted by Gasteiger charge is -2.27. The number of halogens is 1. The number of hydrogen-bond donors (Lipinski definition) is 0. The van der Waals surface area contributed by atoms with Crippen LogP contribution in [0, 0.1) is 5.82 Å². The smallest absolute Gasteiger partial charge is 0.261 e. The second kappa shape index (κ2) is 7.34. The molecule has 1 aliphatic rings. The largest absolute Gasteiger partial charge is 0.482 e. The van der Waals surface area contributed by atoms with Crippen LogP contribution in [-0.2, 0) is 13.0 Å². The average molecular weight is 343 g/mol. The third-order valence-electron chi connectivity index (χ3n) is 4.01. The Hall–Kier alpha value is -2.89. The Balaban J connectivity index is 1.84. The zero-order valence-electron chi connectivity index (χ0n) is 13.8. The van der Waals surface area contributed by atoms with Crippen LogP contribution in [0.4, 0.5) is 4.39 Å². The van der Waals surface area contributed by atoms with Gasteiger partial charge in [0, 0.05) is 19.5 Å². The van der Waals surface area contributed by atoms with Crippen molar-refractivity contribution in [2.75, 3.05) is 13.2 Å². The van der Waals surface area contributed by atoms with Crippen molar-refractivity contribution in [3.8, 4) is 5.75 Å². The molecule has 5 nitrogen and oxygen atoms in total. The molecule has 0 radical (unpaired) electrons. The first kappa shape index (κ1) is 17.0. The molecule has 2 heterocycles. The number of ether oxygens (including phenoxy) is 1. The number of benzene rings is 1. The molecule has 3 rings (SSSR count). The van der Waals surface area contributed by atoms with Crippen LogP contribution >= 0.6 is 0 Å². The minimum Gasteiger partial charge on any atom is -0.482 e. The number of carbonyl (C=O) groups is 1. The van der Waals surface area contributed by atoms with Crippen molar-refractivity contribution in [3.63, 3.8) is 0 Å². The molecular formula is C19H18FNO4. The van der Waals surface area contributed by atoms with Crippen LogP contribution in [0.3, 0.4) is 0 Å². The maximum absolute atomic E-state index is 13.0. The lowest BCUT2D eigenvalue weighted by atomic mass is 10.0. The molecule has 0 N–H and O–H groups in total. The van der Waals surface area contributed by atoms with Crippen molar-refractivity contribution < 1.29 is 18.3 Å². The minimum absolute atomic E-state index is 0.0198. The minimum atomic E-state index is -0.459. The molecule has 1 aromatic carbocycles. The topological polar surface area (TPSA) is 59.8 Å². The van der Waals surface area contributed by atoms with Gasteiger partial charge < -0.3 is 14.1 Å². The van der Waals surface area contributed by atoms with Crippen LogP contribution < -0.4 is 10.2 Å². The second-order valence-electron chi connectivity index (χ2n) is 5.71. The van der Waals surface area contributed by atoms with Gasteiger partial charge in [-0.05, 0) is 24.6 Å². The molecule has 2 aromatic rings. The predicted octanol–water partition coefficient (Wildman–Crippen LogP) is 2.93. The number of hydrogen-bond acceptors (Lipinski definition) is 4. The Labute approximate surface area is 144 Å². The summed E-state index contributed by atoms with van der Waals surface area (Å²) < 4.78 is 23.8. The van der Waals surface area contributed by atoms with Crippen LogP contribution in [0.2, 0.25) is 0 Å². The van der Waals surface area contributed by atoms with Crippen molar-refractivity contribution in [3.05, 3.63) is 75.6 Å². The van der Waals surface area contributed by atoms with Gasteiger partial charge in [0.1, 0.15) is 30.0 Å². The number of carbonyl (C=O) groups excluding carboxylic acids is 1. The number of rotatable bonds is 5. The third kappa shape index (κ3) is 3.63. The molecule has 1 amide bonds. The van der Waals surface area contributed by atoms with E-state index in [-0.39, 0.29) is 23.7 Å². The maximum Gasteiger partial charge on any atom is 0.261 e. The first-order valence-electron chi connectivity index (χ1n) is 8.02. The normalized spacial score (nSPS) is 14.0. The molecule has 0 fully saturated rings. The molecule has 0 saturated carbocycles. The summed E-state index contributed by atoms with van der Waals surface area (Å²) in [6, 6.07) is 5.94. The van der Waals surface area contributed by atoms with Gasteiger partial charge in [-0.15, -0.1) is 0 Å². The van der Waals surface area contributed by atoms with Gasteiger partial charge in [-0.1, -0.05) is 24.3 Å². The number of allylic oxidation sites excluding steroid dienone is 1. The highest BCUT2D eigenvalue weighted by atomic mass is 19.1. The van der Waals surface area contributed by atoms with Crippen LogP contribution in [0.25, 0.3) is 0 Å². The molecule has 0 bridgehead atoms. The lowest BCUT2D eigenvalue weighted by molar-refractivity contribution is 0.0712. The van der Waals surface area contributed by atoms with Crippen molar-refractivity contribution in [1.29, 1.82) is 0 Å². The van der Waals surface area contributed by atoms with Crippen LogP contribution in [-0.4, -0.2) is 24.0 Å². The van der Waals surface area contributed by atoms with E-state index in [0.717, 1.165) is 5.56 Å². The molecule has 0 atom stereocenters. The number of nitrogens with zero attached hydrogens (tertiary/aromatic N) is 1. The van der Waals surface area contributed by atoms with E-state index in [4.69, 9.17) is 9.15 Å². The number of amides is 1. The van der Waals surface area contributed by atoms with E-state index in [1.54, 1.807) is 29.2 Å². The highest BCUT2D eigenvalue weighted by Gasteiger charge is 2.30. The fourth-order valence-electron chi connectivity index (χ4n) is 2.68. The molecule has 1 aromatic heterocycles. The summed E-state index contributed by atoms with van der Waals surface area (Å²) >= 11 is 0. The molecule has 1 aliphatic heterocycles. The van der Waals surface area contributed by atoms with Crippen LogP contribution in [0.5, 0.6) is 5.75 Å². The lowest BCUT2D eigenvalue weighted by Crippen LogP contribution is -2.40. The fourth-order valence-corrected chi connectivity index (χ4v) is 2.68. The van der Waals surface area contributed by atoms with E-state index in [9.17, 15) is 14.0 Å². The first-order chi connectivity index (χ1) is 12.1. The van der Waals surface area contributed by atoms with Crippen LogP contribution in [0.1, 0.15) is 28.6 Å². The van der Waals surface area contributed by atoms with E-state index in [1.165, 1.54) is 18.4 Å². The second-order valence-corrected chi connectivity index (χ2v) is 5.71. The van der Waals surface area contributed by atoms with Crippen molar-refractivity contribution in [1.82, 2.24) is 4.90 Å². The quantitative estimate of drug-likeness (QED) is 0.783. The van der Waals surface area contributed by atoms with E-state index in [0.29, 0.717) is 25.3 Å². The van der Waals surface area contributed by atoms with Gasteiger partial charge in [0.15, 0.2) is 0 Å². The molecule has 0 saturated heterocycles. The summed E-state index contributed by atoms with van der Waals surface area (Å²) in [5.41, 5.74) is 0.356. The van der Waals surface area contributed by atoms with E-state index in [2.05, 4.69) is 0 Å². The highest BCUT2D eigenvalue weighted by Crippen LogP contribution is 2.21. The Morgan fingerprint density at radius 1 is 1.28 bits per heavy atom. The Kier molecular flexibility index (Phi) is 4.97.